The van der Waals surface area contributed by atoms with Crippen molar-refractivity contribution in [1.29, 1.82) is 0 Å². The van der Waals surface area contributed by atoms with E-state index in [9.17, 15) is 18.0 Å². The third kappa shape index (κ3) is 5.44. The first-order chi connectivity index (χ1) is 11.4. The second-order valence-electron chi connectivity index (χ2n) is 6.62. The average molecular weight is 359 g/mol. The highest BCUT2D eigenvalue weighted by molar-refractivity contribution is 7.89. The number of hydrogen-bond donors (Lipinski definition) is 0. The number of piperidine rings is 1. The Morgan fingerprint density at radius 1 is 0.833 bits per heavy atom. The van der Waals surface area contributed by atoms with Gasteiger partial charge in [-0.05, 0) is 25.7 Å². The van der Waals surface area contributed by atoms with Gasteiger partial charge in [0.2, 0.25) is 21.8 Å². The lowest BCUT2D eigenvalue weighted by Crippen LogP contribution is -2.50. The summed E-state index contributed by atoms with van der Waals surface area (Å²) in [6.07, 6.45) is 4.51. The van der Waals surface area contributed by atoms with Gasteiger partial charge in [-0.3, -0.25) is 9.59 Å². The predicted molar refractivity (Wildman–Crippen MR) is 91.9 cm³/mol. The van der Waals surface area contributed by atoms with Gasteiger partial charge in [0.05, 0.1) is 5.75 Å². The lowest BCUT2D eigenvalue weighted by atomic mass is 10.2. The van der Waals surface area contributed by atoms with Crippen molar-refractivity contribution in [2.24, 2.45) is 0 Å². The van der Waals surface area contributed by atoms with E-state index in [4.69, 9.17) is 0 Å². The molecule has 138 valence electrons. The molecular weight excluding hydrogens is 330 g/mol. The van der Waals surface area contributed by atoms with Gasteiger partial charge < -0.3 is 9.80 Å². The first-order valence-electron chi connectivity index (χ1n) is 8.91. The van der Waals surface area contributed by atoms with E-state index in [-0.39, 0.29) is 17.6 Å². The van der Waals surface area contributed by atoms with Gasteiger partial charge in [0, 0.05) is 52.6 Å². The minimum atomic E-state index is -3.16. The van der Waals surface area contributed by atoms with Crippen LogP contribution in [0.4, 0.5) is 0 Å². The van der Waals surface area contributed by atoms with E-state index in [0.29, 0.717) is 58.5 Å². The Morgan fingerprint density at radius 3 is 2.00 bits per heavy atom. The summed E-state index contributed by atoms with van der Waals surface area (Å²) in [6.45, 7) is 5.15. The van der Waals surface area contributed by atoms with Crippen LogP contribution in [0.25, 0.3) is 0 Å². The Balaban J connectivity index is 1.65. The zero-order valence-electron chi connectivity index (χ0n) is 14.6. The first-order valence-corrected chi connectivity index (χ1v) is 10.5. The summed E-state index contributed by atoms with van der Waals surface area (Å²) in [5, 5.41) is 0. The van der Waals surface area contributed by atoms with Crippen LogP contribution in [0.3, 0.4) is 0 Å². The van der Waals surface area contributed by atoms with Crippen LogP contribution in [0.5, 0.6) is 0 Å². The number of sulfonamides is 1. The van der Waals surface area contributed by atoms with Gasteiger partial charge >= 0.3 is 0 Å². The number of amides is 2. The molecule has 2 amide bonds. The number of rotatable bonds is 6. The Bertz CT molecular complexity index is 536. The summed E-state index contributed by atoms with van der Waals surface area (Å²) < 4.78 is 26.0. The number of carbonyl (C=O) groups is 2. The number of hydrogen-bond acceptors (Lipinski definition) is 4. The molecule has 0 atom stereocenters. The molecule has 2 rings (SSSR count). The second-order valence-corrected chi connectivity index (χ2v) is 8.71. The van der Waals surface area contributed by atoms with Gasteiger partial charge in [-0.25, -0.2) is 12.7 Å². The maximum atomic E-state index is 12.2. The van der Waals surface area contributed by atoms with E-state index in [1.807, 2.05) is 0 Å². The van der Waals surface area contributed by atoms with Crippen LogP contribution in [0.1, 0.15) is 45.4 Å². The van der Waals surface area contributed by atoms with Crippen LogP contribution < -0.4 is 0 Å². The summed E-state index contributed by atoms with van der Waals surface area (Å²) >= 11 is 0. The normalized spacial score (nSPS) is 20.2. The number of nitrogens with zero attached hydrogens (tertiary/aromatic N) is 3. The third-order valence-electron chi connectivity index (χ3n) is 4.83. The summed E-state index contributed by atoms with van der Waals surface area (Å²) in [5.41, 5.74) is 0. The van der Waals surface area contributed by atoms with Gasteiger partial charge in [0.15, 0.2) is 0 Å². The van der Waals surface area contributed by atoms with E-state index in [1.54, 1.807) is 21.0 Å². The van der Waals surface area contributed by atoms with Crippen molar-refractivity contribution in [3.05, 3.63) is 0 Å². The molecule has 0 unspecified atom stereocenters. The van der Waals surface area contributed by atoms with Crippen molar-refractivity contribution in [1.82, 2.24) is 14.1 Å². The standard InChI is InChI=1S/C16H29N3O4S/c1-15(20)17-10-12-18(13-11-17)16(21)7-3-6-14-24(22,23)19-8-4-2-5-9-19/h2-14H2,1H3. The SMILES string of the molecule is CC(=O)N1CCN(C(=O)CCCCS(=O)(=O)N2CCCCC2)CC1. The van der Waals surface area contributed by atoms with Crippen molar-refractivity contribution in [2.75, 3.05) is 45.0 Å². The number of carbonyl (C=O) groups excluding carboxylic acids is 2. The Hall–Kier alpha value is -1.15. The van der Waals surface area contributed by atoms with Crippen LogP contribution in [0.2, 0.25) is 0 Å². The molecule has 0 aliphatic carbocycles. The summed E-state index contributed by atoms with van der Waals surface area (Å²) in [5.74, 6) is 0.247. The predicted octanol–water partition coefficient (Wildman–Crippen LogP) is 0.663. The average Bonchev–Trinajstić information content (AvgIpc) is 2.59. The van der Waals surface area contributed by atoms with Gasteiger partial charge in [-0.2, -0.15) is 0 Å². The fourth-order valence-corrected chi connectivity index (χ4v) is 4.90. The molecule has 0 spiro atoms. The van der Waals surface area contributed by atoms with E-state index >= 15 is 0 Å². The molecule has 8 heteroatoms. The molecule has 0 radical (unpaired) electrons. The highest BCUT2D eigenvalue weighted by atomic mass is 32.2. The fourth-order valence-electron chi connectivity index (χ4n) is 3.26. The first kappa shape index (κ1) is 19.2. The molecular formula is C16H29N3O4S. The molecule has 24 heavy (non-hydrogen) atoms. The molecule has 2 aliphatic heterocycles. The summed E-state index contributed by atoms with van der Waals surface area (Å²) in [7, 11) is -3.16. The molecule has 0 aromatic rings. The highest BCUT2D eigenvalue weighted by Crippen LogP contribution is 2.15. The topological polar surface area (TPSA) is 78.0 Å². The molecule has 0 saturated carbocycles. The summed E-state index contributed by atoms with van der Waals surface area (Å²) in [4.78, 5) is 27.0. The smallest absolute Gasteiger partial charge is 0.222 e. The van der Waals surface area contributed by atoms with Gasteiger partial charge in [-0.1, -0.05) is 6.42 Å². The fraction of sp³-hybridized carbons (Fsp3) is 0.875. The van der Waals surface area contributed by atoms with Gasteiger partial charge in [0.1, 0.15) is 0 Å². The van der Waals surface area contributed by atoms with E-state index in [2.05, 4.69) is 0 Å². The van der Waals surface area contributed by atoms with Crippen molar-refractivity contribution in [2.45, 2.75) is 45.4 Å². The van der Waals surface area contributed by atoms with Gasteiger partial charge in [-0.15, -0.1) is 0 Å². The van der Waals surface area contributed by atoms with Crippen LogP contribution >= 0.6 is 0 Å². The lowest BCUT2D eigenvalue weighted by molar-refractivity contribution is -0.138. The molecule has 7 nitrogen and oxygen atoms in total. The molecule has 2 saturated heterocycles. The van der Waals surface area contributed by atoms with Crippen molar-refractivity contribution in [3.8, 4) is 0 Å². The monoisotopic (exact) mass is 359 g/mol. The molecule has 2 aliphatic rings. The Kier molecular flexibility index (Phi) is 7.03. The maximum Gasteiger partial charge on any atom is 0.222 e. The van der Waals surface area contributed by atoms with Gasteiger partial charge in [0.25, 0.3) is 0 Å². The second kappa shape index (κ2) is 8.80. The van der Waals surface area contributed by atoms with Crippen LogP contribution in [-0.4, -0.2) is 79.4 Å². The molecule has 0 aromatic carbocycles. The third-order valence-corrected chi connectivity index (χ3v) is 6.79. The maximum absolute atomic E-state index is 12.2. The van der Waals surface area contributed by atoms with E-state index in [0.717, 1.165) is 19.3 Å². The molecule has 0 bridgehead atoms. The number of unbranched alkanes of at least 4 members (excludes halogenated alkanes) is 1. The van der Waals surface area contributed by atoms with E-state index < -0.39 is 10.0 Å². The zero-order valence-corrected chi connectivity index (χ0v) is 15.4. The quantitative estimate of drug-likeness (QED) is 0.653. The zero-order chi connectivity index (χ0) is 17.6. The highest BCUT2D eigenvalue weighted by Gasteiger charge is 2.24. The van der Waals surface area contributed by atoms with E-state index in [1.165, 1.54) is 0 Å². The summed E-state index contributed by atoms with van der Waals surface area (Å²) in [6, 6.07) is 0. The van der Waals surface area contributed by atoms with Crippen LogP contribution in [0.15, 0.2) is 0 Å². The molecule has 2 heterocycles. The molecule has 2 fully saturated rings. The Labute approximate surface area is 145 Å². The van der Waals surface area contributed by atoms with Crippen molar-refractivity contribution >= 4 is 21.8 Å². The molecule has 0 N–H and O–H groups in total. The largest absolute Gasteiger partial charge is 0.339 e. The van der Waals surface area contributed by atoms with Crippen LogP contribution in [-0.2, 0) is 19.6 Å². The minimum absolute atomic E-state index is 0.0463. The Morgan fingerprint density at radius 2 is 1.42 bits per heavy atom. The minimum Gasteiger partial charge on any atom is -0.339 e. The lowest BCUT2D eigenvalue weighted by Gasteiger charge is -2.34. The molecule has 0 aromatic heterocycles. The van der Waals surface area contributed by atoms with Crippen LogP contribution in [0, 0.1) is 0 Å². The number of piperazine rings is 1. The van der Waals surface area contributed by atoms with Crippen molar-refractivity contribution in [3.63, 3.8) is 0 Å². The van der Waals surface area contributed by atoms with Crippen molar-refractivity contribution < 1.29 is 18.0 Å².